The number of piperidine rings is 4. The molecule has 7 aromatic carbocycles. The monoisotopic (exact) mass is 2440 g/mol. The number of halogens is 8. The second-order valence-electron chi connectivity index (χ2n) is 35.3. The third-order valence-corrected chi connectivity index (χ3v) is 24.1. The van der Waals surface area contributed by atoms with Crippen molar-refractivity contribution >= 4 is 154 Å². The molecule has 7 atom stereocenters. The number of likely N-dealkylation sites (tertiary alicyclic amines) is 3. The molecule has 8 aliphatic heterocycles. The average molecular weight is 2450 g/mol. The Balaban J connectivity index is 0.000000357. The molecule has 7 fully saturated rings. The third-order valence-electron chi connectivity index (χ3n) is 20.9. The van der Waals surface area contributed by atoms with Crippen LogP contribution in [0.1, 0.15) is 125 Å². The Hall–Kier alpha value is -7.22. The minimum absolute atomic E-state index is 0. The first kappa shape index (κ1) is 129. The number of ketones is 1. The summed E-state index contributed by atoms with van der Waals surface area (Å²) in [5.41, 5.74) is 8.33. The fourth-order valence-corrected chi connectivity index (χ4v) is 15.5. The topological polar surface area (TPSA) is 508 Å². The van der Waals surface area contributed by atoms with Crippen LogP contribution in [0.2, 0.25) is 5.02 Å². The van der Waals surface area contributed by atoms with E-state index in [9.17, 15) is 39.3 Å². The summed E-state index contributed by atoms with van der Waals surface area (Å²) in [5.74, 6) is 4.56. The van der Waals surface area contributed by atoms with Crippen molar-refractivity contribution in [2.75, 3.05) is 152 Å². The van der Waals surface area contributed by atoms with Gasteiger partial charge in [0.05, 0.1) is 43.3 Å². The van der Waals surface area contributed by atoms with E-state index in [1.807, 2.05) is 175 Å². The molecule has 0 spiro atoms. The summed E-state index contributed by atoms with van der Waals surface area (Å²) >= 11 is 30.6. The molecule has 15 rings (SSSR count). The number of aliphatic hydroxyl groups excluding tert-OH is 6. The maximum absolute atomic E-state index is 12.7. The summed E-state index contributed by atoms with van der Waals surface area (Å²) in [4.78, 5) is 63.6. The van der Waals surface area contributed by atoms with Crippen LogP contribution in [0.25, 0.3) is 0 Å². The second kappa shape index (κ2) is 73.0. The van der Waals surface area contributed by atoms with Crippen molar-refractivity contribution < 1.29 is 112 Å². The Kier molecular flexibility index (Phi) is 65.5. The quantitative estimate of drug-likeness (QED) is 0.0142. The Morgan fingerprint density at radius 1 is 0.493 bits per heavy atom. The van der Waals surface area contributed by atoms with E-state index in [4.69, 9.17) is 85.1 Å². The molecule has 0 unspecified atom stereocenters. The van der Waals surface area contributed by atoms with Gasteiger partial charge in [0.15, 0.2) is 6.61 Å². The van der Waals surface area contributed by atoms with Gasteiger partial charge in [-0.15, -0.1) is 0 Å². The number of hydrogen-bond acceptors (Lipinski definition) is 31. The van der Waals surface area contributed by atoms with Crippen LogP contribution in [-0.2, 0) is 38.1 Å². The molecule has 8 aliphatic rings. The van der Waals surface area contributed by atoms with Crippen molar-refractivity contribution in [1.82, 2.24) is 47.5 Å². The molecule has 35 nitrogen and oxygen atoms in total. The number of carbonyl (C=O) groups is 5. The van der Waals surface area contributed by atoms with Crippen LogP contribution in [0.3, 0.4) is 0 Å². The zero-order valence-electron chi connectivity index (χ0n) is 83.0. The normalized spacial score (nSPS) is 17.5. The minimum atomic E-state index is -0.632. The molecule has 0 radical (unpaired) electrons. The number of nitrogens with zero attached hydrogens (tertiary/aromatic N) is 4. The van der Waals surface area contributed by atoms with E-state index < -0.39 is 35.6 Å². The molecule has 804 valence electrons. The summed E-state index contributed by atoms with van der Waals surface area (Å²) in [6, 6.07) is 51.1. The van der Waals surface area contributed by atoms with E-state index in [1.165, 1.54) is 6.42 Å². The van der Waals surface area contributed by atoms with E-state index in [2.05, 4.69) is 156 Å². The van der Waals surface area contributed by atoms with Crippen LogP contribution in [0.4, 0.5) is 9.59 Å². The van der Waals surface area contributed by atoms with Crippen molar-refractivity contribution in [1.29, 1.82) is 0 Å². The fourth-order valence-electron chi connectivity index (χ4n) is 12.9. The summed E-state index contributed by atoms with van der Waals surface area (Å²) in [6.07, 6.45) is 6.85. The van der Waals surface area contributed by atoms with Crippen molar-refractivity contribution in [2.45, 2.75) is 191 Å². The van der Waals surface area contributed by atoms with Crippen molar-refractivity contribution in [3.63, 3.8) is 0 Å². The Morgan fingerprint density at radius 3 is 1.18 bits per heavy atom. The van der Waals surface area contributed by atoms with Crippen molar-refractivity contribution in [3.05, 3.63) is 201 Å². The molecule has 0 aliphatic carbocycles. The summed E-state index contributed by atoms with van der Waals surface area (Å²) in [5, 5.41) is 85.1. The van der Waals surface area contributed by atoms with Crippen LogP contribution in [0.15, 0.2) is 196 Å². The van der Waals surface area contributed by atoms with Crippen LogP contribution < -0.4 is 72.3 Å². The lowest BCUT2D eigenvalue weighted by atomic mass is 10.0. The lowest BCUT2D eigenvalue weighted by molar-refractivity contribution is -0.134. The highest BCUT2D eigenvalue weighted by molar-refractivity contribution is 9.11. The number of phenols is 1. The number of ether oxygens (including phenoxy) is 11. The summed E-state index contributed by atoms with van der Waals surface area (Å²) in [6.45, 7) is 24.9. The highest BCUT2D eigenvalue weighted by Crippen LogP contribution is 2.30. The van der Waals surface area contributed by atoms with Gasteiger partial charge in [0, 0.05) is 143 Å². The van der Waals surface area contributed by atoms with E-state index >= 15 is 0 Å². The predicted octanol–water partition coefficient (Wildman–Crippen LogP) is 15.0. The minimum Gasteiger partial charge on any atom is -0.508 e. The van der Waals surface area contributed by atoms with Gasteiger partial charge in [0.2, 0.25) is 5.91 Å². The van der Waals surface area contributed by atoms with Crippen LogP contribution in [0.5, 0.6) is 40.2 Å². The highest BCUT2D eigenvalue weighted by Gasteiger charge is 2.31. The molecular weight excluding hydrogens is 2300 g/mol. The first-order valence-corrected chi connectivity index (χ1v) is 52.9. The lowest BCUT2D eigenvalue weighted by Crippen LogP contribution is -2.48. The molecule has 8 heterocycles. The van der Waals surface area contributed by atoms with Gasteiger partial charge in [-0.25, -0.2) is 20.3 Å². The van der Waals surface area contributed by atoms with Crippen LogP contribution in [-0.4, -0.2) is 310 Å². The highest BCUT2D eigenvalue weighted by atomic mass is 79.9. The lowest BCUT2D eigenvalue weighted by Gasteiger charge is -2.34. The van der Waals surface area contributed by atoms with Gasteiger partial charge in [-0.05, 0) is 244 Å². The molecule has 19 N–H and O–H groups in total. The molecule has 4 amide bonds. The first-order chi connectivity index (χ1) is 68.4. The SMILES string of the molecule is Brc1cccc(OC[C@@H]2CO2)c1.CC(C)(C)OC(=O)N1CCC(=O)CC1.CC(C)(C)OC(=O)N1CCC(NC[C@H](O)COc2cccc(Br)c2)CC1.CC[C@@H]1CO1.CO.N.NC[C@H](O)COc1cccc(Br)c1.NCl.O=C1CCC(c2ccc(OCC(=O)N3CCC(NC[C@H](O)COc4cccc(Br)c4)CC3)c(Cl)c2)=NN1.OC[C@@H]1CO1.O[C@@H](CNC1CCNCC1)COc1cccc(Br)c1.Oc1cccc(Br)c1. The maximum Gasteiger partial charge on any atom is 0.410 e. The maximum atomic E-state index is 12.7. The van der Waals surface area contributed by atoms with Crippen molar-refractivity contribution in [2.24, 2.45) is 16.1 Å². The zero-order chi connectivity index (χ0) is 105. The van der Waals surface area contributed by atoms with E-state index in [0.717, 1.165) is 140 Å². The van der Waals surface area contributed by atoms with E-state index in [1.54, 1.807) is 45.0 Å². The van der Waals surface area contributed by atoms with Gasteiger partial charge >= 0.3 is 12.2 Å². The smallest absolute Gasteiger partial charge is 0.410 e. The second-order valence-corrected chi connectivity index (χ2v) is 41.2. The number of benzene rings is 7. The Bertz CT molecular complexity index is 4770. The Morgan fingerprint density at radius 2 is 0.861 bits per heavy atom. The molecule has 0 aromatic heterocycles. The predicted molar refractivity (Wildman–Crippen MR) is 580 cm³/mol. The van der Waals surface area contributed by atoms with E-state index in [0.29, 0.717) is 138 Å². The van der Waals surface area contributed by atoms with E-state index in [-0.39, 0.29) is 93.7 Å². The molecular formula is C101H146Br6Cl2N12O23. The Labute approximate surface area is 907 Å². The molecule has 7 aromatic rings. The van der Waals surface area contributed by atoms with Crippen LogP contribution in [0, 0.1) is 0 Å². The number of rotatable bonds is 31. The van der Waals surface area contributed by atoms with Gasteiger partial charge in [0.1, 0.15) is 127 Å². The molecule has 144 heavy (non-hydrogen) atoms. The molecule has 0 saturated carbocycles. The zero-order valence-corrected chi connectivity index (χ0v) is 94.1. The molecule has 43 heteroatoms. The number of phenolic OH excluding ortho intramolecular Hbond substituents is 1. The number of epoxide rings is 3. The molecule has 7 saturated heterocycles. The van der Waals surface area contributed by atoms with Crippen LogP contribution >= 0.6 is 119 Å². The number of Topliss-reactive ketones (excluding diaryl/α,β-unsaturated/α-hetero) is 1. The number of hydrogen-bond donors (Lipinski definition) is 15. The largest absolute Gasteiger partial charge is 0.508 e. The molecule has 0 bridgehead atoms. The van der Waals surface area contributed by atoms with Gasteiger partial charge in [-0.1, -0.05) is 151 Å². The number of aliphatic hydroxyl groups is 6. The number of hydrazone groups is 1. The van der Waals surface area contributed by atoms with Gasteiger partial charge < -0.3 is 136 Å². The number of aromatic hydroxyl groups is 1. The van der Waals surface area contributed by atoms with Gasteiger partial charge in [-0.2, -0.15) is 5.10 Å². The standard InChI is InChI=1S/C26H30BrClN4O5.C19H29BrN2O4.C14H21BrN2O2.C10H17NO3.C9H12BrNO2.C9H9BrO2.C6H5BrO.C4H8O.C3H6O2.CH4O.ClH2N.H3N/c27-18-2-1-3-21(13-18)36-15-20(33)14-29-19-8-10-32(11-9-19)26(35)16-37-24-6-4-17(12-22(24)28)23-5-7-25(34)31-30-23;1-19(2,3)26-18(24)22-9-7-15(8-10-22)21-12-16(23)13-25-17-6-4-5-14(20)11-17;15-11-2-1-3-14(8-11)19-10-13(18)9-17-12-4-6-16-7-5-12;1-10(2,3)14-9(13)11-6-4-8(12)5-7-11;10-7-2-1-3-9(4-7)13-6-8(12)5-11;10-7-2-1-3-8(4-7)11-5-9-6-12-9;7-5-2-1-3-6(8)4-5;1-2-4-3-5-4;4-1-3-2-5-3;2*1-2;/h1-4,6,12-13,19-20,29,33H,5,7-11,14-16H2,(H,31,34);4-6,11,15-16,21,23H,7-10,12-13H2,1-3H3;1-3,8,12-13,16-18H,4-7,9-10H2;4-7H2,1-3H3;1-4,8,12H,5-6,11H2;1-4,9H,5-6H2;1-4,8H;4H,2-3H2,1H3;3-4H,1-2H2;2H,1H3;2H2;1H3/t20-;16-;13-;;8-;9-;;4-;3-;;;/m000.01.11.../s1. The van der Waals surface area contributed by atoms with Gasteiger partial charge in [-0.3, -0.25) is 14.4 Å². The number of carbonyl (C=O) groups excluding carboxylic acids is 5. The fraction of sp³-hybridized carbons (Fsp3) is 0.525. The average Bonchev–Trinajstić information content (AvgIpc) is 1.13. The summed E-state index contributed by atoms with van der Waals surface area (Å²) < 4.78 is 64.0. The first-order valence-electron chi connectivity index (χ1n) is 47.3. The van der Waals surface area contributed by atoms with Crippen molar-refractivity contribution in [3.8, 4) is 40.2 Å². The summed E-state index contributed by atoms with van der Waals surface area (Å²) in [7, 11) is 1.00. The number of amides is 4. The number of nitrogens with two attached hydrogens (primary N) is 2. The third kappa shape index (κ3) is 60.4. The number of nitrogens with one attached hydrogen (secondary N) is 5. The van der Waals surface area contributed by atoms with Gasteiger partial charge in [0.25, 0.3) is 5.91 Å².